The van der Waals surface area contributed by atoms with Gasteiger partial charge in [-0.25, -0.2) is 0 Å². The fourth-order valence-corrected chi connectivity index (χ4v) is 4.66. The molecule has 0 bridgehead atoms. The molecule has 0 spiro atoms. The lowest BCUT2D eigenvalue weighted by Crippen LogP contribution is -2.48. The first-order valence-corrected chi connectivity index (χ1v) is 13.8. The summed E-state index contributed by atoms with van der Waals surface area (Å²) < 4.78 is 5.66. The summed E-state index contributed by atoms with van der Waals surface area (Å²) in [6.45, 7) is 20.6. The van der Waals surface area contributed by atoms with Crippen molar-refractivity contribution in [3.63, 3.8) is 0 Å². The van der Waals surface area contributed by atoms with Gasteiger partial charge in [0.1, 0.15) is 0 Å². The number of unbranched alkanes of at least 4 members (excludes halogenated alkanes) is 2. The fraction of sp³-hybridized carbons (Fsp3) is 1.00. The van der Waals surface area contributed by atoms with Crippen molar-refractivity contribution in [3.05, 3.63) is 0 Å². The average molecular weight is 372 g/mol. The number of nitrogens with zero attached hydrogens (tertiary/aromatic N) is 3. The average Bonchev–Trinajstić information content (AvgIpc) is 2.62. The molecule has 1 aliphatic rings. The summed E-state index contributed by atoms with van der Waals surface area (Å²) in [6.07, 6.45) is 6.61. The van der Waals surface area contributed by atoms with E-state index in [9.17, 15) is 0 Å². The summed E-state index contributed by atoms with van der Waals surface area (Å²) in [7, 11) is 0.519. The van der Waals surface area contributed by atoms with Crippen molar-refractivity contribution >= 4 is 8.32 Å². The predicted molar refractivity (Wildman–Crippen MR) is 113 cm³/mol. The van der Waals surface area contributed by atoms with Crippen LogP contribution in [0.4, 0.5) is 0 Å². The van der Waals surface area contributed by atoms with Crippen LogP contribution in [0.2, 0.25) is 19.1 Å². The van der Waals surface area contributed by atoms with E-state index in [0.29, 0.717) is 0 Å². The van der Waals surface area contributed by atoms with E-state index in [0.717, 1.165) is 0 Å². The van der Waals surface area contributed by atoms with E-state index < -0.39 is 8.32 Å². The molecule has 1 heterocycles. The summed E-state index contributed by atoms with van der Waals surface area (Å²) in [5.41, 5.74) is 0. The van der Waals surface area contributed by atoms with Crippen LogP contribution >= 0.6 is 0 Å². The van der Waals surface area contributed by atoms with Gasteiger partial charge in [0, 0.05) is 46.4 Å². The first kappa shape index (κ1) is 23.1. The van der Waals surface area contributed by atoms with E-state index in [1.165, 1.54) is 97.1 Å². The van der Waals surface area contributed by atoms with Crippen LogP contribution in [0.5, 0.6) is 0 Å². The SMILES string of the molecule is CCCCN(CCCC)CCN1CCN(CCC[Si](C)(C)OC)CC1. The van der Waals surface area contributed by atoms with Crippen LogP contribution in [-0.2, 0) is 4.43 Å². The van der Waals surface area contributed by atoms with Gasteiger partial charge in [-0.2, -0.15) is 0 Å². The summed E-state index contributed by atoms with van der Waals surface area (Å²) in [5.74, 6) is 0. The quantitative estimate of drug-likeness (QED) is 0.433. The zero-order chi connectivity index (χ0) is 18.5. The van der Waals surface area contributed by atoms with Crippen LogP contribution in [0.3, 0.4) is 0 Å². The van der Waals surface area contributed by atoms with E-state index >= 15 is 0 Å². The highest BCUT2D eigenvalue weighted by Gasteiger charge is 2.22. The molecule has 0 atom stereocenters. The highest BCUT2D eigenvalue weighted by atomic mass is 28.4. The van der Waals surface area contributed by atoms with Gasteiger partial charge < -0.3 is 14.2 Å². The molecule has 25 heavy (non-hydrogen) atoms. The van der Waals surface area contributed by atoms with Crippen LogP contribution in [0, 0.1) is 0 Å². The number of piperazine rings is 1. The minimum absolute atomic E-state index is 1.25. The molecule has 5 heteroatoms. The van der Waals surface area contributed by atoms with E-state index in [1.54, 1.807) is 0 Å². The summed E-state index contributed by atoms with van der Waals surface area (Å²) in [4.78, 5) is 8.02. The molecule has 1 aliphatic heterocycles. The van der Waals surface area contributed by atoms with Crippen LogP contribution in [-0.4, -0.2) is 89.0 Å². The fourth-order valence-electron chi connectivity index (χ4n) is 3.45. The third-order valence-electron chi connectivity index (χ3n) is 5.66. The molecule has 0 aromatic heterocycles. The van der Waals surface area contributed by atoms with Crippen molar-refractivity contribution in [2.75, 3.05) is 66.0 Å². The Kier molecular flexibility index (Phi) is 12.3. The molecule has 0 N–H and O–H groups in total. The van der Waals surface area contributed by atoms with Gasteiger partial charge in [-0.05, 0) is 58.0 Å². The topological polar surface area (TPSA) is 19.0 Å². The Balaban J connectivity index is 2.18. The maximum absolute atomic E-state index is 5.66. The second-order valence-corrected chi connectivity index (χ2v) is 12.7. The maximum Gasteiger partial charge on any atom is 0.186 e. The van der Waals surface area contributed by atoms with E-state index in [4.69, 9.17) is 4.43 Å². The zero-order valence-electron chi connectivity index (χ0n) is 17.9. The van der Waals surface area contributed by atoms with Gasteiger partial charge in [-0.1, -0.05) is 26.7 Å². The highest BCUT2D eigenvalue weighted by molar-refractivity contribution is 6.71. The molecule has 1 fully saturated rings. The third-order valence-corrected chi connectivity index (χ3v) is 8.32. The largest absolute Gasteiger partial charge is 0.420 e. The highest BCUT2D eigenvalue weighted by Crippen LogP contribution is 2.13. The molecule has 1 rings (SSSR count). The molecular formula is C20H45N3OSi. The van der Waals surface area contributed by atoms with Crippen molar-refractivity contribution in [3.8, 4) is 0 Å². The smallest absolute Gasteiger partial charge is 0.186 e. The number of hydrogen-bond donors (Lipinski definition) is 0. The Labute approximate surface area is 159 Å². The molecular weight excluding hydrogens is 326 g/mol. The second kappa shape index (κ2) is 13.3. The van der Waals surface area contributed by atoms with Gasteiger partial charge >= 0.3 is 0 Å². The molecule has 0 aliphatic carbocycles. The maximum atomic E-state index is 5.66. The molecule has 1 saturated heterocycles. The van der Waals surface area contributed by atoms with Crippen molar-refractivity contribution in [2.45, 2.75) is 65.1 Å². The number of rotatable bonds is 14. The van der Waals surface area contributed by atoms with Crippen LogP contribution in [0.25, 0.3) is 0 Å². The Morgan fingerprint density at radius 3 is 1.80 bits per heavy atom. The molecule has 4 nitrogen and oxygen atoms in total. The van der Waals surface area contributed by atoms with E-state index in [1.807, 2.05) is 7.11 Å². The van der Waals surface area contributed by atoms with Crippen molar-refractivity contribution in [1.82, 2.24) is 14.7 Å². The lowest BCUT2D eigenvalue weighted by atomic mass is 10.2. The van der Waals surface area contributed by atoms with Gasteiger partial charge in [-0.3, -0.25) is 4.90 Å². The Morgan fingerprint density at radius 1 is 0.800 bits per heavy atom. The van der Waals surface area contributed by atoms with E-state index in [-0.39, 0.29) is 0 Å². The summed E-state index contributed by atoms with van der Waals surface area (Å²) >= 11 is 0. The first-order valence-electron chi connectivity index (χ1n) is 10.7. The lowest BCUT2D eigenvalue weighted by molar-refractivity contribution is 0.117. The Bertz CT molecular complexity index is 312. The van der Waals surface area contributed by atoms with E-state index in [2.05, 4.69) is 41.6 Å². The zero-order valence-corrected chi connectivity index (χ0v) is 18.9. The molecule has 0 aromatic carbocycles. The second-order valence-electron chi connectivity index (χ2n) is 8.30. The van der Waals surface area contributed by atoms with Gasteiger partial charge in [0.25, 0.3) is 0 Å². The van der Waals surface area contributed by atoms with Crippen molar-refractivity contribution in [2.24, 2.45) is 0 Å². The molecule has 0 unspecified atom stereocenters. The Hall–Kier alpha value is 0.0569. The molecule has 150 valence electrons. The van der Waals surface area contributed by atoms with Gasteiger partial charge in [0.2, 0.25) is 0 Å². The first-order chi connectivity index (χ1) is 12.0. The molecule has 0 saturated carbocycles. The minimum Gasteiger partial charge on any atom is -0.420 e. The molecule has 0 amide bonds. The van der Waals surface area contributed by atoms with Gasteiger partial charge in [-0.15, -0.1) is 0 Å². The molecule has 0 aromatic rings. The Morgan fingerprint density at radius 2 is 1.32 bits per heavy atom. The standard InChI is InChI=1S/C20H45N3OSi/c1-6-8-11-21(12-9-7-2)14-17-23-18-15-22(16-19-23)13-10-20-25(4,5)24-3/h6-20H2,1-5H3. The monoisotopic (exact) mass is 371 g/mol. The van der Waals surface area contributed by atoms with Crippen LogP contribution in [0.1, 0.15) is 46.0 Å². The predicted octanol–water partition coefficient (Wildman–Crippen LogP) is 3.75. The van der Waals surface area contributed by atoms with Crippen molar-refractivity contribution < 1.29 is 4.43 Å². The van der Waals surface area contributed by atoms with Crippen LogP contribution in [0.15, 0.2) is 0 Å². The normalized spacial score (nSPS) is 17.5. The van der Waals surface area contributed by atoms with Crippen LogP contribution < -0.4 is 0 Å². The summed E-state index contributed by atoms with van der Waals surface area (Å²) in [5, 5.41) is 0. The molecule has 0 radical (unpaired) electrons. The van der Waals surface area contributed by atoms with Gasteiger partial charge in [0.05, 0.1) is 0 Å². The number of hydrogen-bond acceptors (Lipinski definition) is 4. The van der Waals surface area contributed by atoms with Crippen molar-refractivity contribution in [1.29, 1.82) is 0 Å². The third kappa shape index (κ3) is 10.7. The van der Waals surface area contributed by atoms with Gasteiger partial charge in [0.15, 0.2) is 8.32 Å². The summed E-state index contributed by atoms with van der Waals surface area (Å²) in [6, 6.07) is 1.29. The lowest BCUT2D eigenvalue weighted by Gasteiger charge is -2.36. The minimum atomic E-state index is -1.37.